The third kappa shape index (κ3) is 1.75. The third-order valence-corrected chi connectivity index (χ3v) is 2.49. The van der Waals surface area contributed by atoms with Crippen molar-refractivity contribution >= 4 is 12.2 Å². The number of imidazole rings is 1. The van der Waals surface area contributed by atoms with Gasteiger partial charge in [-0.3, -0.25) is 4.57 Å². The quantitative estimate of drug-likeness (QED) is 0.770. The topological polar surface area (TPSA) is 44.5 Å². The van der Waals surface area contributed by atoms with Crippen molar-refractivity contribution in [2.45, 2.75) is 6.92 Å². The van der Waals surface area contributed by atoms with E-state index in [1.165, 1.54) is 12.1 Å². The highest BCUT2D eigenvalue weighted by Gasteiger charge is 2.05. The zero-order chi connectivity index (χ0) is 11.7. The molecule has 0 bridgehead atoms. The van der Waals surface area contributed by atoms with Crippen molar-refractivity contribution in [1.82, 2.24) is 9.55 Å². The fraction of sp³-hybridized carbons (Fsp3) is 0.0909. The van der Waals surface area contributed by atoms with Crippen LogP contribution in [0.25, 0.3) is 5.69 Å². The standard InChI is InChI=1S/C11H8FN3S/c1-7-6-15(11(16)14-7)9-2-3-10(12)8(4-9)5-13/h2-4,6H,1H3,(H,14,16). The lowest BCUT2D eigenvalue weighted by atomic mass is 10.2. The molecule has 0 fully saturated rings. The number of aromatic nitrogens is 2. The summed E-state index contributed by atoms with van der Waals surface area (Å²) in [7, 11) is 0. The predicted octanol–water partition coefficient (Wildman–Crippen LogP) is 2.85. The van der Waals surface area contributed by atoms with Gasteiger partial charge in [0.15, 0.2) is 4.77 Å². The molecule has 2 aromatic rings. The van der Waals surface area contributed by atoms with Crippen LogP contribution in [0.3, 0.4) is 0 Å². The van der Waals surface area contributed by atoms with Crippen LogP contribution in [-0.4, -0.2) is 9.55 Å². The van der Waals surface area contributed by atoms with Gasteiger partial charge < -0.3 is 4.98 Å². The van der Waals surface area contributed by atoms with Crippen LogP contribution in [0.4, 0.5) is 4.39 Å². The molecule has 0 atom stereocenters. The molecule has 0 radical (unpaired) electrons. The summed E-state index contributed by atoms with van der Waals surface area (Å²) < 4.78 is 15.3. The molecule has 3 nitrogen and oxygen atoms in total. The van der Waals surface area contributed by atoms with Crippen LogP contribution < -0.4 is 0 Å². The lowest BCUT2D eigenvalue weighted by molar-refractivity contribution is 0.623. The Hall–Kier alpha value is -1.93. The Kier molecular flexibility index (Phi) is 2.59. The lowest BCUT2D eigenvalue weighted by Gasteiger charge is -2.02. The van der Waals surface area contributed by atoms with Gasteiger partial charge in [0.2, 0.25) is 0 Å². The minimum Gasteiger partial charge on any atom is -0.335 e. The van der Waals surface area contributed by atoms with Crippen LogP contribution in [0, 0.1) is 28.8 Å². The Morgan fingerprint density at radius 1 is 1.50 bits per heavy atom. The molecule has 1 aromatic carbocycles. The molecular formula is C11H8FN3S. The first-order chi connectivity index (χ1) is 7.61. The molecule has 0 saturated carbocycles. The molecule has 0 unspecified atom stereocenters. The van der Waals surface area contributed by atoms with E-state index in [-0.39, 0.29) is 5.56 Å². The Morgan fingerprint density at radius 2 is 2.25 bits per heavy atom. The van der Waals surface area contributed by atoms with E-state index in [9.17, 15) is 4.39 Å². The normalized spacial score (nSPS) is 10.1. The average Bonchev–Trinajstić information content (AvgIpc) is 2.59. The summed E-state index contributed by atoms with van der Waals surface area (Å²) in [5.74, 6) is -0.523. The van der Waals surface area contributed by atoms with Crippen molar-refractivity contribution in [3.8, 4) is 11.8 Å². The number of aryl methyl sites for hydroxylation is 1. The second kappa shape index (κ2) is 3.91. The van der Waals surface area contributed by atoms with Crippen molar-refractivity contribution in [3.05, 3.63) is 46.2 Å². The number of hydrogen-bond donors (Lipinski definition) is 1. The molecule has 0 saturated heterocycles. The van der Waals surface area contributed by atoms with Gasteiger partial charge in [-0.15, -0.1) is 0 Å². The summed E-state index contributed by atoms with van der Waals surface area (Å²) in [6.07, 6.45) is 1.80. The minimum atomic E-state index is -0.523. The van der Waals surface area contributed by atoms with E-state index in [2.05, 4.69) is 4.98 Å². The number of halogens is 1. The number of H-pyrrole nitrogens is 1. The molecule has 0 spiro atoms. The fourth-order valence-electron chi connectivity index (χ4n) is 1.45. The second-order valence-corrected chi connectivity index (χ2v) is 3.77. The summed E-state index contributed by atoms with van der Waals surface area (Å²) >= 11 is 5.10. The van der Waals surface area contributed by atoms with Gasteiger partial charge in [-0.25, -0.2) is 4.39 Å². The van der Waals surface area contributed by atoms with Crippen LogP contribution >= 0.6 is 12.2 Å². The van der Waals surface area contributed by atoms with E-state index in [1.54, 1.807) is 22.9 Å². The summed E-state index contributed by atoms with van der Waals surface area (Å²) in [4.78, 5) is 2.96. The first-order valence-corrected chi connectivity index (χ1v) is 5.01. The van der Waals surface area contributed by atoms with Crippen LogP contribution in [0.2, 0.25) is 0 Å². The maximum absolute atomic E-state index is 13.1. The molecule has 1 heterocycles. The van der Waals surface area contributed by atoms with E-state index in [0.717, 1.165) is 5.69 Å². The van der Waals surface area contributed by atoms with Gasteiger partial charge in [0, 0.05) is 17.6 Å². The predicted molar refractivity (Wildman–Crippen MR) is 60.4 cm³/mol. The van der Waals surface area contributed by atoms with Gasteiger partial charge in [0.1, 0.15) is 11.9 Å². The molecule has 0 aliphatic carbocycles. The zero-order valence-electron chi connectivity index (χ0n) is 8.49. The van der Waals surface area contributed by atoms with Gasteiger partial charge in [-0.1, -0.05) is 0 Å². The van der Waals surface area contributed by atoms with Crippen molar-refractivity contribution < 1.29 is 4.39 Å². The van der Waals surface area contributed by atoms with Gasteiger partial charge >= 0.3 is 0 Å². The molecule has 5 heteroatoms. The molecular weight excluding hydrogens is 225 g/mol. The Morgan fingerprint density at radius 3 is 2.81 bits per heavy atom. The minimum absolute atomic E-state index is 0.0123. The Labute approximate surface area is 96.8 Å². The summed E-state index contributed by atoms with van der Waals surface area (Å²) in [6, 6.07) is 6.11. The lowest BCUT2D eigenvalue weighted by Crippen LogP contribution is -1.94. The first-order valence-electron chi connectivity index (χ1n) is 4.60. The second-order valence-electron chi connectivity index (χ2n) is 3.39. The van der Waals surface area contributed by atoms with E-state index >= 15 is 0 Å². The Balaban J connectivity index is 2.62. The van der Waals surface area contributed by atoms with Gasteiger partial charge in [0.25, 0.3) is 0 Å². The van der Waals surface area contributed by atoms with Crippen molar-refractivity contribution in [1.29, 1.82) is 5.26 Å². The van der Waals surface area contributed by atoms with Crippen molar-refractivity contribution in [2.75, 3.05) is 0 Å². The van der Waals surface area contributed by atoms with Crippen LogP contribution in [-0.2, 0) is 0 Å². The summed E-state index contributed by atoms with van der Waals surface area (Å²) in [6.45, 7) is 1.88. The number of rotatable bonds is 1. The molecule has 0 aliphatic heterocycles. The molecule has 1 N–H and O–H groups in total. The number of nitrogens with zero attached hydrogens (tertiary/aromatic N) is 2. The van der Waals surface area contributed by atoms with E-state index in [0.29, 0.717) is 10.5 Å². The monoisotopic (exact) mass is 233 g/mol. The average molecular weight is 233 g/mol. The molecule has 80 valence electrons. The fourth-order valence-corrected chi connectivity index (χ4v) is 1.77. The maximum Gasteiger partial charge on any atom is 0.181 e. The van der Waals surface area contributed by atoms with E-state index in [1.807, 2.05) is 6.92 Å². The number of hydrogen-bond acceptors (Lipinski definition) is 2. The molecule has 2 rings (SSSR count). The number of aromatic amines is 1. The maximum atomic E-state index is 13.1. The smallest absolute Gasteiger partial charge is 0.181 e. The molecule has 0 aliphatic rings. The SMILES string of the molecule is Cc1cn(-c2ccc(F)c(C#N)c2)c(=S)[nH]1. The van der Waals surface area contributed by atoms with Crippen LogP contribution in [0.1, 0.15) is 11.3 Å². The largest absolute Gasteiger partial charge is 0.335 e. The van der Waals surface area contributed by atoms with Crippen LogP contribution in [0.15, 0.2) is 24.4 Å². The highest BCUT2D eigenvalue weighted by Crippen LogP contribution is 2.14. The molecule has 16 heavy (non-hydrogen) atoms. The number of nitrogens with one attached hydrogen (secondary N) is 1. The summed E-state index contributed by atoms with van der Waals surface area (Å²) in [5, 5.41) is 8.73. The first kappa shape index (κ1) is 10.6. The highest BCUT2D eigenvalue weighted by atomic mass is 32.1. The third-order valence-electron chi connectivity index (χ3n) is 2.19. The van der Waals surface area contributed by atoms with E-state index in [4.69, 9.17) is 17.5 Å². The van der Waals surface area contributed by atoms with Crippen molar-refractivity contribution in [2.24, 2.45) is 0 Å². The number of benzene rings is 1. The van der Waals surface area contributed by atoms with Crippen molar-refractivity contribution in [3.63, 3.8) is 0 Å². The molecule has 0 amide bonds. The highest BCUT2D eigenvalue weighted by molar-refractivity contribution is 7.71. The number of nitriles is 1. The Bertz CT molecular complexity index is 633. The van der Waals surface area contributed by atoms with Gasteiger partial charge in [-0.2, -0.15) is 5.26 Å². The van der Waals surface area contributed by atoms with E-state index < -0.39 is 5.82 Å². The van der Waals surface area contributed by atoms with Gasteiger partial charge in [-0.05, 0) is 37.3 Å². The zero-order valence-corrected chi connectivity index (χ0v) is 9.31. The molecule has 1 aromatic heterocycles. The summed E-state index contributed by atoms with van der Waals surface area (Å²) in [5.41, 5.74) is 1.60. The van der Waals surface area contributed by atoms with Gasteiger partial charge in [0.05, 0.1) is 5.56 Å². The van der Waals surface area contributed by atoms with Crippen LogP contribution in [0.5, 0.6) is 0 Å².